The van der Waals surface area contributed by atoms with Crippen LogP contribution in [0.1, 0.15) is 22.4 Å². The van der Waals surface area contributed by atoms with Crippen molar-refractivity contribution in [2.75, 3.05) is 0 Å². The number of aromatic nitrogens is 1. The van der Waals surface area contributed by atoms with Gasteiger partial charge in [0, 0.05) is 28.1 Å². The van der Waals surface area contributed by atoms with Crippen LogP contribution in [0.25, 0.3) is 0 Å². The van der Waals surface area contributed by atoms with Gasteiger partial charge in [0.2, 0.25) is 0 Å². The molecule has 0 spiro atoms. The van der Waals surface area contributed by atoms with Crippen molar-refractivity contribution in [1.82, 2.24) is 4.98 Å². The fraction of sp³-hybridized carbons (Fsp3) is 0.308. The minimum absolute atomic E-state index is 0.549. The van der Waals surface area contributed by atoms with Crippen LogP contribution in [0.4, 0.5) is 0 Å². The summed E-state index contributed by atoms with van der Waals surface area (Å²) in [6.07, 6.45) is 2.30. The Morgan fingerprint density at radius 1 is 1.31 bits per heavy atom. The number of rotatable bonds is 3. The maximum atomic E-state index is 10.4. The zero-order chi connectivity index (χ0) is 11.6. The van der Waals surface area contributed by atoms with Gasteiger partial charge in [-0.2, -0.15) is 0 Å². The van der Waals surface area contributed by atoms with Crippen LogP contribution in [0.3, 0.4) is 0 Å². The Hall–Kier alpha value is -1.19. The van der Waals surface area contributed by atoms with Crippen LogP contribution in [0.2, 0.25) is 0 Å². The van der Waals surface area contributed by atoms with Crippen LogP contribution in [0.5, 0.6) is 0 Å². The molecule has 1 unspecified atom stereocenters. The van der Waals surface area contributed by atoms with E-state index >= 15 is 0 Å². The van der Waals surface area contributed by atoms with Crippen molar-refractivity contribution < 1.29 is 5.11 Å². The summed E-state index contributed by atoms with van der Waals surface area (Å²) in [4.78, 5) is 6.46. The number of hydrogen-bond acceptors (Lipinski definition) is 3. The lowest BCUT2D eigenvalue weighted by Gasteiger charge is -2.21. The predicted molar refractivity (Wildman–Crippen MR) is 66.6 cm³/mol. The van der Waals surface area contributed by atoms with Gasteiger partial charge in [0.1, 0.15) is 5.60 Å². The Labute approximate surface area is 99.6 Å². The molecule has 0 aliphatic carbocycles. The molecule has 2 rings (SSSR count). The molecule has 0 amide bonds. The SMILES string of the molecule is Cc1ccc(C(C)(O)Cc2ccccn2)s1. The molecule has 3 heteroatoms. The molecule has 84 valence electrons. The Balaban J connectivity index is 2.20. The van der Waals surface area contributed by atoms with Gasteiger partial charge < -0.3 is 5.11 Å². The Morgan fingerprint density at radius 2 is 2.12 bits per heavy atom. The zero-order valence-corrected chi connectivity index (χ0v) is 10.3. The third-order valence-corrected chi connectivity index (χ3v) is 3.78. The van der Waals surface area contributed by atoms with E-state index in [0.717, 1.165) is 10.6 Å². The minimum atomic E-state index is -0.826. The van der Waals surface area contributed by atoms with Crippen molar-refractivity contribution in [3.63, 3.8) is 0 Å². The standard InChI is InChI=1S/C13H15NOS/c1-10-6-7-12(16-10)13(2,15)9-11-5-3-4-8-14-11/h3-8,15H,9H2,1-2H3. The second-order valence-electron chi connectivity index (χ2n) is 4.18. The largest absolute Gasteiger partial charge is 0.384 e. The predicted octanol–water partition coefficient (Wildman–Crippen LogP) is 2.90. The molecule has 0 saturated heterocycles. The molecule has 16 heavy (non-hydrogen) atoms. The molecule has 0 aliphatic heterocycles. The summed E-state index contributed by atoms with van der Waals surface area (Å²) in [6.45, 7) is 3.89. The van der Waals surface area contributed by atoms with Gasteiger partial charge in [-0.15, -0.1) is 11.3 Å². The molecular formula is C13H15NOS. The van der Waals surface area contributed by atoms with Crippen molar-refractivity contribution in [3.8, 4) is 0 Å². The lowest BCUT2D eigenvalue weighted by molar-refractivity contribution is 0.0604. The van der Waals surface area contributed by atoms with E-state index in [9.17, 15) is 5.11 Å². The van der Waals surface area contributed by atoms with Crippen molar-refractivity contribution in [2.24, 2.45) is 0 Å². The average Bonchev–Trinajstić information content (AvgIpc) is 2.66. The molecule has 2 heterocycles. The van der Waals surface area contributed by atoms with E-state index < -0.39 is 5.60 Å². The second kappa shape index (κ2) is 4.36. The highest BCUT2D eigenvalue weighted by Crippen LogP contribution is 2.30. The summed E-state index contributed by atoms with van der Waals surface area (Å²) < 4.78 is 0. The molecule has 0 bridgehead atoms. The number of pyridine rings is 1. The lowest BCUT2D eigenvalue weighted by Crippen LogP contribution is -2.23. The maximum absolute atomic E-state index is 10.4. The summed E-state index contributed by atoms with van der Waals surface area (Å²) in [7, 11) is 0. The van der Waals surface area contributed by atoms with Crippen LogP contribution >= 0.6 is 11.3 Å². The molecular weight excluding hydrogens is 218 g/mol. The first kappa shape index (κ1) is 11.3. The second-order valence-corrected chi connectivity index (χ2v) is 5.47. The normalized spacial score (nSPS) is 14.7. The first-order valence-electron chi connectivity index (χ1n) is 5.27. The van der Waals surface area contributed by atoms with Crippen molar-refractivity contribution in [1.29, 1.82) is 0 Å². The highest BCUT2D eigenvalue weighted by Gasteiger charge is 2.25. The smallest absolute Gasteiger partial charge is 0.101 e. The number of hydrogen-bond donors (Lipinski definition) is 1. The van der Waals surface area contributed by atoms with Gasteiger partial charge in [0.15, 0.2) is 0 Å². The van der Waals surface area contributed by atoms with Gasteiger partial charge in [0.25, 0.3) is 0 Å². The van der Waals surface area contributed by atoms with Crippen LogP contribution in [0, 0.1) is 6.92 Å². The van der Waals surface area contributed by atoms with Crippen molar-refractivity contribution >= 4 is 11.3 Å². The molecule has 1 atom stereocenters. The summed E-state index contributed by atoms with van der Waals surface area (Å²) in [5.41, 5.74) is 0.0892. The highest BCUT2D eigenvalue weighted by molar-refractivity contribution is 7.12. The van der Waals surface area contributed by atoms with E-state index in [2.05, 4.69) is 4.98 Å². The molecule has 2 aromatic heterocycles. The summed E-state index contributed by atoms with van der Waals surface area (Å²) in [6, 6.07) is 9.79. The van der Waals surface area contributed by atoms with E-state index in [1.54, 1.807) is 17.5 Å². The number of nitrogens with zero attached hydrogens (tertiary/aromatic N) is 1. The molecule has 0 radical (unpaired) electrons. The average molecular weight is 233 g/mol. The van der Waals surface area contributed by atoms with Crippen LogP contribution in [-0.2, 0) is 12.0 Å². The molecule has 2 nitrogen and oxygen atoms in total. The third kappa shape index (κ3) is 2.49. The van der Waals surface area contributed by atoms with Gasteiger partial charge in [-0.05, 0) is 38.1 Å². The fourth-order valence-electron chi connectivity index (χ4n) is 1.67. The van der Waals surface area contributed by atoms with E-state index in [4.69, 9.17) is 0 Å². The molecule has 0 fully saturated rings. The van der Waals surface area contributed by atoms with Gasteiger partial charge >= 0.3 is 0 Å². The molecule has 2 aromatic rings. The Kier molecular flexibility index (Phi) is 3.08. The topological polar surface area (TPSA) is 33.1 Å². The molecule has 0 aliphatic rings. The monoisotopic (exact) mass is 233 g/mol. The van der Waals surface area contributed by atoms with Gasteiger partial charge in [-0.1, -0.05) is 6.07 Å². The Bertz CT molecular complexity index is 462. The van der Waals surface area contributed by atoms with Crippen molar-refractivity contribution in [2.45, 2.75) is 25.9 Å². The maximum Gasteiger partial charge on any atom is 0.101 e. The lowest BCUT2D eigenvalue weighted by atomic mass is 9.98. The molecule has 0 aromatic carbocycles. The van der Waals surface area contributed by atoms with Gasteiger partial charge in [-0.25, -0.2) is 0 Å². The van der Waals surface area contributed by atoms with E-state index in [1.165, 1.54) is 4.88 Å². The van der Waals surface area contributed by atoms with Crippen molar-refractivity contribution in [3.05, 3.63) is 52.0 Å². The summed E-state index contributed by atoms with van der Waals surface area (Å²) in [5.74, 6) is 0. The summed E-state index contributed by atoms with van der Waals surface area (Å²) >= 11 is 1.64. The third-order valence-electron chi connectivity index (χ3n) is 2.52. The van der Waals surface area contributed by atoms with E-state index in [1.807, 2.05) is 44.2 Å². The fourth-order valence-corrected chi connectivity index (χ4v) is 2.58. The number of thiophene rings is 1. The van der Waals surface area contributed by atoms with Crippen LogP contribution in [0.15, 0.2) is 36.5 Å². The minimum Gasteiger partial charge on any atom is -0.384 e. The van der Waals surface area contributed by atoms with Gasteiger partial charge in [0.05, 0.1) is 0 Å². The number of aliphatic hydroxyl groups is 1. The Morgan fingerprint density at radius 3 is 2.69 bits per heavy atom. The highest BCUT2D eigenvalue weighted by atomic mass is 32.1. The van der Waals surface area contributed by atoms with Gasteiger partial charge in [-0.3, -0.25) is 4.98 Å². The first-order valence-corrected chi connectivity index (χ1v) is 6.09. The summed E-state index contributed by atoms with van der Waals surface area (Å²) in [5, 5.41) is 10.4. The number of aryl methyl sites for hydroxylation is 1. The molecule has 1 N–H and O–H groups in total. The first-order chi connectivity index (χ1) is 7.58. The van der Waals surface area contributed by atoms with Crippen LogP contribution in [-0.4, -0.2) is 10.1 Å². The molecule has 0 saturated carbocycles. The van der Waals surface area contributed by atoms with Crippen LogP contribution < -0.4 is 0 Å². The quantitative estimate of drug-likeness (QED) is 0.884. The van der Waals surface area contributed by atoms with E-state index in [-0.39, 0.29) is 0 Å². The van der Waals surface area contributed by atoms with E-state index in [0.29, 0.717) is 6.42 Å². The zero-order valence-electron chi connectivity index (χ0n) is 9.47.